The molecule has 0 saturated heterocycles. The van der Waals surface area contributed by atoms with Crippen molar-refractivity contribution in [2.24, 2.45) is 3.77 Å². The highest BCUT2D eigenvalue weighted by atomic mass is 32.3. The number of non-ortho nitro benzene ring substituents is 1. The van der Waals surface area contributed by atoms with E-state index in [1.807, 2.05) is 0 Å². The van der Waals surface area contributed by atoms with Gasteiger partial charge in [0.05, 0.1) is 33.1 Å². The van der Waals surface area contributed by atoms with Crippen LogP contribution in [-0.4, -0.2) is 36.4 Å². The first-order valence-electron chi connectivity index (χ1n) is 7.55. The van der Waals surface area contributed by atoms with Crippen LogP contribution in [0.25, 0.3) is 0 Å². The lowest BCUT2D eigenvalue weighted by Crippen LogP contribution is -2.14. The highest BCUT2D eigenvalue weighted by Crippen LogP contribution is 2.23. The second-order valence-corrected chi connectivity index (χ2v) is 9.46. The average Bonchev–Trinajstić information content (AvgIpc) is 2.66. The molecular weight excluding hydrogens is 396 g/mol. The topological polar surface area (TPSA) is 133 Å². The molecular formula is C16H16N2O7S2. The molecule has 11 heteroatoms. The van der Waals surface area contributed by atoms with Gasteiger partial charge in [-0.25, -0.2) is 4.21 Å². The molecule has 1 unspecified atom stereocenters. The summed E-state index contributed by atoms with van der Waals surface area (Å²) in [6.07, 6.45) is -0.288. The maximum Gasteiger partial charge on any atom is 0.306 e. The molecule has 0 aromatic heterocycles. The molecule has 9 nitrogen and oxygen atoms in total. The molecule has 144 valence electrons. The first-order valence-corrected chi connectivity index (χ1v) is 10.7. The smallest absolute Gasteiger partial charge is 0.306 e. The van der Waals surface area contributed by atoms with Crippen molar-refractivity contribution in [3.63, 3.8) is 0 Å². The van der Waals surface area contributed by atoms with Gasteiger partial charge in [-0.15, -0.1) is 3.77 Å². The number of hydrogen-bond acceptors (Lipinski definition) is 7. The molecule has 2 aromatic rings. The summed E-state index contributed by atoms with van der Waals surface area (Å²) < 4.78 is 46.6. The Bertz CT molecular complexity index is 1060. The van der Waals surface area contributed by atoms with E-state index in [1.54, 1.807) is 18.2 Å². The van der Waals surface area contributed by atoms with E-state index in [4.69, 9.17) is 0 Å². The van der Waals surface area contributed by atoms with Gasteiger partial charge < -0.3 is 4.74 Å². The zero-order valence-corrected chi connectivity index (χ0v) is 15.8. The van der Waals surface area contributed by atoms with E-state index in [0.29, 0.717) is 0 Å². The normalized spacial score (nSPS) is 13.4. The van der Waals surface area contributed by atoms with Gasteiger partial charge in [-0.2, -0.15) is 8.42 Å². The number of nitrogens with zero attached hydrogens (tertiary/aromatic N) is 2. The fraction of sp³-hybridized carbons (Fsp3) is 0.188. The zero-order valence-electron chi connectivity index (χ0n) is 14.2. The summed E-state index contributed by atoms with van der Waals surface area (Å²) in [5, 5.41) is 10.7. The summed E-state index contributed by atoms with van der Waals surface area (Å²) in [5.41, 5.74) is -0.288. The Balaban J connectivity index is 2.53. The van der Waals surface area contributed by atoms with Gasteiger partial charge in [0.15, 0.2) is 0 Å². The van der Waals surface area contributed by atoms with E-state index in [1.165, 1.54) is 12.1 Å². The maximum atomic E-state index is 13.3. The summed E-state index contributed by atoms with van der Waals surface area (Å²) in [5.74, 6) is -1.00. The SMILES string of the molecule is COC(=O)CCS(=O)(=NS(=O)(=O)c1ccc([N+](=O)[O-])cc1)c1ccccc1. The third-order valence-corrected chi connectivity index (χ3v) is 7.87. The fourth-order valence-corrected chi connectivity index (χ4v) is 6.09. The molecule has 2 rings (SSSR count). The number of methoxy groups -OCH3 is 1. The third kappa shape index (κ3) is 5.11. The Morgan fingerprint density at radius 1 is 1.04 bits per heavy atom. The Labute approximate surface area is 156 Å². The lowest BCUT2D eigenvalue weighted by atomic mass is 10.3. The van der Waals surface area contributed by atoms with Crippen LogP contribution in [0, 0.1) is 10.1 Å². The zero-order chi connectivity index (χ0) is 20.1. The quantitative estimate of drug-likeness (QED) is 0.387. The largest absolute Gasteiger partial charge is 0.469 e. The van der Waals surface area contributed by atoms with Crippen molar-refractivity contribution >= 4 is 31.4 Å². The average molecular weight is 412 g/mol. The van der Waals surface area contributed by atoms with E-state index in [0.717, 1.165) is 31.4 Å². The predicted octanol–water partition coefficient (Wildman–Crippen LogP) is 2.37. The van der Waals surface area contributed by atoms with Gasteiger partial charge >= 0.3 is 5.97 Å². The molecule has 0 amide bonds. The minimum absolute atomic E-state index is 0.152. The number of carbonyl (C=O) groups excluding carboxylic acids is 1. The predicted molar refractivity (Wildman–Crippen MR) is 97.1 cm³/mol. The molecule has 0 fully saturated rings. The number of ether oxygens (including phenoxy) is 1. The van der Waals surface area contributed by atoms with Crippen molar-refractivity contribution < 1.29 is 27.1 Å². The monoisotopic (exact) mass is 412 g/mol. The van der Waals surface area contributed by atoms with Gasteiger partial charge in [0, 0.05) is 22.8 Å². The van der Waals surface area contributed by atoms with Crippen molar-refractivity contribution in [1.29, 1.82) is 0 Å². The minimum Gasteiger partial charge on any atom is -0.469 e. The van der Waals surface area contributed by atoms with Crippen LogP contribution >= 0.6 is 0 Å². The van der Waals surface area contributed by atoms with E-state index in [2.05, 4.69) is 8.50 Å². The van der Waals surface area contributed by atoms with Crippen molar-refractivity contribution in [3.8, 4) is 0 Å². The van der Waals surface area contributed by atoms with Gasteiger partial charge in [0.25, 0.3) is 15.7 Å². The van der Waals surface area contributed by atoms with Crippen LogP contribution in [0.4, 0.5) is 5.69 Å². The molecule has 27 heavy (non-hydrogen) atoms. The van der Waals surface area contributed by atoms with Crippen LogP contribution in [0.5, 0.6) is 0 Å². The van der Waals surface area contributed by atoms with Crippen molar-refractivity contribution in [2.45, 2.75) is 16.2 Å². The molecule has 0 N–H and O–H groups in total. The van der Waals surface area contributed by atoms with Gasteiger partial charge in [0.2, 0.25) is 0 Å². The second-order valence-electron chi connectivity index (χ2n) is 5.28. The number of hydrogen-bond donors (Lipinski definition) is 0. The number of sulfonamides is 1. The van der Waals surface area contributed by atoms with Crippen LogP contribution in [0.15, 0.2) is 68.2 Å². The lowest BCUT2D eigenvalue weighted by Gasteiger charge is -2.10. The third-order valence-electron chi connectivity index (χ3n) is 3.49. The standard InChI is InChI=1S/C16H16N2O7S2/c1-25-16(19)11-12-26(22,14-5-3-2-4-6-14)17-27(23,24)15-9-7-13(8-10-15)18(20)21/h2-10H,11-12H2,1H3. The molecule has 0 saturated carbocycles. The first-order chi connectivity index (χ1) is 12.7. The molecule has 0 radical (unpaired) electrons. The summed E-state index contributed by atoms with van der Waals surface area (Å²) in [6, 6.07) is 11.8. The number of carbonyl (C=O) groups is 1. The van der Waals surface area contributed by atoms with Crippen LogP contribution in [0.1, 0.15) is 6.42 Å². The van der Waals surface area contributed by atoms with Gasteiger partial charge in [0.1, 0.15) is 0 Å². The molecule has 0 aliphatic rings. The van der Waals surface area contributed by atoms with Gasteiger partial charge in [-0.1, -0.05) is 18.2 Å². The second kappa shape index (κ2) is 8.27. The minimum atomic E-state index is -4.39. The molecule has 2 aromatic carbocycles. The van der Waals surface area contributed by atoms with Crippen molar-refractivity contribution in [3.05, 3.63) is 64.7 Å². The lowest BCUT2D eigenvalue weighted by molar-refractivity contribution is -0.384. The summed E-state index contributed by atoms with van der Waals surface area (Å²) in [6.45, 7) is 0. The highest BCUT2D eigenvalue weighted by molar-refractivity contribution is 8.03. The van der Waals surface area contributed by atoms with E-state index < -0.39 is 30.6 Å². The highest BCUT2D eigenvalue weighted by Gasteiger charge is 2.22. The summed E-state index contributed by atoms with van der Waals surface area (Å²) in [4.78, 5) is 21.3. The Hall–Kier alpha value is -2.79. The Kier molecular flexibility index (Phi) is 6.28. The number of esters is 1. The summed E-state index contributed by atoms with van der Waals surface area (Å²) >= 11 is 0. The number of rotatable bonds is 7. The van der Waals surface area contributed by atoms with E-state index >= 15 is 0 Å². The van der Waals surface area contributed by atoms with E-state index in [9.17, 15) is 27.5 Å². The van der Waals surface area contributed by atoms with Crippen LogP contribution in [0.3, 0.4) is 0 Å². The molecule has 1 atom stereocenters. The van der Waals surface area contributed by atoms with Crippen LogP contribution in [-0.2, 0) is 29.3 Å². The molecule has 0 bridgehead atoms. The van der Waals surface area contributed by atoms with Crippen molar-refractivity contribution in [2.75, 3.05) is 12.9 Å². The van der Waals surface area contributed by atoms with Crippen LogP contribution in [0.2, 0.25) is 0 Å². The van der Waals surface area contributed by atoms with Gasteiger partial charge in [-0.3, -0.25) is 14.9 Å². The molecule has 0 aliphatic heterocycles. The summed E-state index contributed by atoms with van der Waals surface area (Å²) in [7, 11) is -6.73. The fourth-order valence-electron chi connectivity index (χ4n) is 2.10. The first kappa shape index (κ1) is 20.5. The van der Waals surface area contributed by atoms with Gasteiger partial charge in [-0.05, 0) is 24.3 Å². The van der Waals surface area contributed by atoms with E-state index in [-0.39, 0.29) is 27.7 Å². The van der Waals surface area contributed by atoms with Crippen LogP contribution < -0.4 is 0 Å². The maximum absolute atomic E-state index is 13.3. The Morgan fingerprint density at radius 2 is 1.63 bits per heavy atom. The number of benzene rings is 2. The molecule has 0 heterocycles. The number of nitro groups is 1. The Morgan fingerprint density at radius 3 is 2.15 bits per heavy atom. The number of nitro benzene ring substituents is 1. The molecule has 0 aliphatic carbocycles. The molecule has 0 spiro atoms. The van der Waals surface area contributed by atoms with Crippen molar-refractivity contribution in [1.82, 2.24) is 0 Å².